The zero-order valence-electron chi connectivity index (χ0n) is 35.0. The molecule has 0 aromatic carbocycles. The molecule has 0 radical (unpaired) electrons. The molecule has 2 aliphatic heterocycles. The van der Waals surface area contributed by atoms with Gasteiger partial charge in [0.2, 0.25) is 0 Å². The molecule has 0 amide bonds. The van der Waals surface area contributed by atoms with Crippen LogP contribution < -0.4 is 0 Å². The van der Waals surface area contributed by atoms with Gasteiger partial charge in [-0.1, -0.05) is 135 Å². The van der Waals surface area contributed by atoms with E-state index in [9.17, 15) is 0 Å². The van der Waals surface area contributed by atoms with Crippen molar-refractivity contribution in [2.45, 2.75) is 213 Å². The third-order valence-corrected chi connectivity index (χ3v) is 12.7. The fourth-order valence-corrected chi connectivity index (χ4v) is 7.44. The lowest BCUT2D eigenvalue weighted by Crippen LogP contribution is -2.49. The van der Waals surface area contributed by atoms with Crippen LogP contribution in [0.1, 0.15) is 207 Å². The van der Waals surface area contributed by atoms with Crippen molar-refractivity contribution >= 4 is 0 Å². The number of rotatable bonds is 0. The lowest BCUT2D eigenvalue weighted by molar-refractivity contribution is -0.158. The molecule has 5 rings (SSSR count). The van der Waals surface area contributed by atoms with Gasteiger partial charge in [0.05, 0.1) is 13.2 Å². The molecule has 5 fully saturated rings. The van der Waals surface area contributed by atoms with E-state index in [1.807, 2.05) is 0 Å². The van der Waals surface area contributed by atoms with Crippen LogP contribution in [0.2, 0.25) is 0 Å². The van der Waals surface area contributed by atoms with Crippen molar-refractivity contribution in [3.8, 4) is 0 Å². The molecule has 2 nitrogen and oxygen atoms in total. The molecule has 0 spiro atoms. The zero-order valence-corrected chi connectivity index (χ0v) is 35.0. The van der Waals surface area contributed by atoms with E-state index >= 15 is 0 Å². The lowest BCUT2D eigenvalue weighted by atomic mass is 9.67. The van der Waals surface area contributed by atoms with Gasteiger partial charge < -0.3 is 4.74 Å². The number of hydrogen-bond donors (Lipinski definition) is 0. The molecule has 0 atom stereocenters. The van der Waals surface area contributed by atoms with E-state index in [1.165, 1.54) is 109 Å². The zero-order chi connectivity index (χ0) is 35.5. The highest BCUT2D eigenvalue weighted by atomic mass is 16.5. The minimum atomic E-state index is 0.408. The largest absolute Gasteiger partial charge is 0.380 e. The van der Waals surface area contributed by atoms with Gasteiger partial charge in [0.15, 0.2) is 0 Å². The normalized spacial score (nSPS) is 23.5. The second-order valence-electron chi connectivity index (χ2n) is 21.6. The Balaban J connectivity index is 0.000000288. The van der Waals surface area contributed by atoms with Crippen LogP contribution >= 0.6 is 0 Å². The van der Waals surface area contributed by atoms with Crippen LogP contribution in [0.4, 0.5) is 0 Å². The fourth-order valence-electron chi connectivity index (χ4n) is 7.44. The molecule has 5 aliphatic rings. The molecule has 3 aliphatic carbocycles. The van der Waals surface area contributed by atoms with Crippen LogP contribution in [0.5, 0.6) is 0 Å². The Morgan fingerprint density at radius 1 is 0.435 bits per heavy atom. The maximum atomic E-state index is 5.16. The Morgan fingerprint density at radius 2 is 0.739 bits per heavy atom. The quantitative estimate of drug-likeness (QED) is 0.259. The molecule has 2 heterocycles. The van der Waals surface area contributed by atoms with Crippen molar-refractivity contribution in [1.29, 1.82) is 0 Å². The predicted octanol–water partition coefficient (Wildman–Crippen LogP) is 14.0. The van der Waals surface area contributed by atoms with Crippen LogP contribution in [0.3, 0.4) is 0 Å². The van der Waals surface area contributed by atoms with Crippen molar-refractivity contribution in [2.24, 2.45) is 44.8 Å². The summed E-state index contributed by atoms with van der Waals surface area (Å²) in [6, 6.07) is 0. The number of nitrogens with zero attached hydrogens (tertiary/aromatic N) is 1. The first-order valence-electron chi connectivity index (χ1n) is 20.2. The standard InChI is InChI=1S/2C10H20.C8H17N.C8H16O.C8H16/c2*1-10(2,3)9-7-5-4-6-8-9;1-8(2,3)9-6-4-5-7-9;1-7(2,3)8(4)5-9-6-8;1-8(2,3)7-5-4-6-7/h2*9H,4-8H2,1-3H3;4-7H2,1-3H3;5-6H2,1-4H3;7H,4-6H2,1-3H3. The molecule has 0 aromatic rings. The molecule has 276 valence electrons. The molecule has 0 N–H and O–H groups in total. The topological polar surface area (TPSA) is 12.5 Å². The smallest absolute Gasteiger partial charge is 0.0547 e. The summed E-state index contributed by atoms with van der Waals surface area (Å²) >= 11 is 0. The summed E-state index contributed by atoms with van der Waals surface area (Å²) in [6.45, 7) is 41.8. The minimum Gasteiger partial charge on any atom is -0.380 e. The lowest BCUT2D eigenvalue weighted by Gasteiger charge is -2.48. The summed E-state index contributed by atoms with van der Waals surface area (Å²) in [4.78, 5) is 2.55. The van der Waals surface area contributed by atoms with Crippen molar-refractivity contribution in [2.75, 3.05) is 26.3 Å². The van der Waals surface area contributed by atoms with Crippen LogP contribution in [-0.4, -0.2) is 36.7 Å². The van der Waals surface area contributed by atoms with Crippen molar-refractivity contribution in [3.63, 3.8) is 0 Å². The second kappa shape index (κ2) is 18.8. The first-order chi connectivity index (χ1) is 20.9. The SMILES string of the molecule is CC(C)(C)C1(C)COC1.CC(C)(C)C1CCC1.CC(C)(C)C1CCCCC1.CC(C)(C)C1CCCCC1.CC(C)(C)N1CCCC1. The van der Waals surface area contributed by atoms with Gasteiger partial charge >= 0.3 is 0 Å². The molecule has 0 bridgehead atoms. The van der Waals surface area contributed by atoms with Gasteiger partial charge in [-0.15, -0.1) is 0 Å². The Labute approximate surface area is 292 Å². The summed E-state index contributed by atoms with van der Waals surface area (Å²) in [5.74, 6) is 3.03. The average molecular weight is 648 g/mol. The van der Waals surface area contributed by atoms with Gasteiger partial charge in [0.1, 0.15) is 0 Å². The van der Waals surface area contributed by atoms with E-state index in [0.29, 0.717) is 32.6 Å². The third kappa shape index (κ3) is 16.5. The van der Waals surface area contributed by atoms with Crippen LogP contribution in [-0.2, 0) is 4.74 Å². The van der Waals surface area contributed by atoms with Gasteiger partial charge in [-0.25, -0.2) is 0 Å². The summed E-state index contributed by atoms with van der Waals surface area (Å²) in [7, 11) is 0. The molecule has 0 aromatic heterocycles. The molecular formula is C44H89NO. The molecule has 46 heavy (non-hydrogen) atoms. The van der Waals surface area contributed by atoms with Gasteiger partial charge in [-0.3, -0.25) is 4.90 Å². The van der Waals surface area contributed by atoms with Crippen LogP contribution in [0, 0.1) is 44.8 Å². The van der Waals surface area contributed by atoms with E-state index in [0.717, 1.165) is 31.0 Å². The third-order valence-electron chi connectivity index (χ3n) is 12.7. The fraction of sp³-hybridized carbons (Fsp3) is 1.00. The Kier molecular flexibility index (Phi) is 17.9. The Hall–Kier alpha value is -0.0800. The first kappa shape index (κ1) is 43.9. The second-order valence-corrected chi connectivity index (χ2v) is 21.6. The molecular weight excluding hydrogens is 558 g/mol. The molecule has 2 heteroatoms. The van der Waals surface area contributed by atoms with Crippen molar-refractivity contribution in [1.82, 2.24) is 4.90 Å². The number of hydrogen-bond acceptors (Lipinski definition) is 2. The summed E-state index contributed by atoms with van der Waals surface area (Å²) < 4.78 is 5.16. The van der Waals surface area contributed by atoms with Gasteiger partial charge in [-0.2, -0.15) is 0 Å². The summed E-state index contributed by atoms with van der Waals surface area (Å²) in [6.07, 6.45) is 22.0. The Bertz CT molecular complexity index is 738. The van der Waals surface area contributed by atoms with E-state index < -0.39 is 0 Å². The monoisotopic (exact) mass is 648 g/mol. The average Bonchev–Trinajstić information content (AvgIpc) is 3.42. The highest BCUT2D eigenvalue weighted by Gasteiger charge is 2.43. The minimum absolute atomic E-state index is 0.408. The van der Waals surface area contributed by atoms with E-state index in [4.69, 9.17) is 4.74 Å². The van der Waals surface area contributed by atoms with Gasteiger partial charge in [0.25, 0.3) is 0 Å². The van der Waals surface area contributed by atoms with E-state index in [1.54, 1.807) is 0 Å². The number of likely N-dealkylation sites (tertiary alicyclic amines) is 1. The summed E-state index contributed by atoms with van der Waals surface area (Å²) in [5.41, 5.74) is 2.99. The Morgan fingerprint density at radius 3 is 0.848 bits per heavy atom. The maximum Gasteiger partial charge on any atom is 0.0547 e. The predicted molar refractivity (Wildman–Crippen MR) is 208 cm³/mol. The van der Waals surface area contributed by atoms with Gasteiger partial charge in [-0.05, 0) is 125 Å². The maximum absolute atomic E-state index is 5.16. The highest BCUT2D eigenvalue weighted by molar-refractivity contribution is 4.91. The van der Waals surface area contributed by atoms with Crippen LogP contribution in [0.15, 0.2) is 0 Å². The van der Waals surface area contributed by atoms with E-state index in [-0.39, 0.29) is 0 Å². The highest BCUT2D eigenvalue weighted by Crippen LogP contribution is 2.44. The van der Waals surface area contributed by atoms with Crippen molar-refractivity contribution in [3.05, 3.63) is 0 Å². The van der Waals surface area contributed by atoms with Crippen molar-refractivity contribution < 1.29 is 4.74 Å². The van der Waals surface area contributed by atoms with Gasteiger partial charge in [0, 0.05) is 11.0 Å². The summed E-state index contributed by atoms with van der Waals surface area (Å²) in [5, 5.41) is 0. The molecule has 2 saturated heterocycles. The number of ether oxygens (including phenoxy) is 1. The van der Waals surface area contributed by atoms with Crippen LogP contribution in [0.25, 0.3) is 0 Å². The molecule has 0 unspecified atom stereocenters. The molecule has 3 saturated carbocycles. The first-order valence-corrected chi connectivity index (χ1v) is 20.2. The van der Waals surface area contributed by atoms with E-state index in [2.05, 4.69) is 116 Å².